The smallest absolute Gasteiger partial charge is 0.404 e. The standard InChI is InChI=1S/C16H23FN2O2/c17-15-3-1-13(2-4-15)6-10-19-11-7-14(8-12-19)5-9-18-16(20)21/h1-4,14,18H,5-12H2,(H,20,21). The van der Waals surface area contributed by atoms with Gasteiger partial charge in [-0.05, 0) is 62.4 Å². The number of rotatable bonds is 6. The number of benzene rings is 1. The van der Waals surface area contributed by atoms with Gasteiger partial charge in [-0.15, -0.1) is 0 Å². The summed E-state index contributed by atoms with van der Waals surface area (Å²) in [6.07, 6.45) is 3.20. The van der Waals surface area contributed by atoms with Crippen molar-refractivity contribution in [2.45, 2.75) is 25.7 Å². The van der Waals surface area contributed by atoms with Crippen LogP contribution in [-0.4, -0.2) is 42.3 Å². The zero-order valence-corrected chi connectivity index (χ0v) is 12.2. The summed E-state index contributed by atoms with van der Waals surface area (Å²) in [6, 6.07) is 6.72. The van der Waals surface area contributed by atoms with Crippen LogP contribution in [0.2, 0.25) is 0 Å². The van der Waals surface area contributed by atoms with Crippen molar-refractivity contribution >= 4 is 6.09 Å². The molecule has 1 amide bonds. The molecule has 116 valence electrons. The summed E-state index contributed by atoms with van der Waals surface area (Å²) in [6.45, 7) is 3.69. The van der Waals surface area contributed by atoms with Crippen molar-refractivity contribution in [2.75, 3.05) is 26.2 Å². The molecule has 1 fully saturated rings. The molecule has 2 N–H and O–H groups in total. The molecule has 0 aromatic heterocycles. The van der Waals surface area contributed by atoms with E-state index in [-0.39, 0.29) is 5.82 Å². The lowest BCUT2D eigenvalue weighted by atomic mass is 9.93. The second-order valence-electron chi connectivity index (χ2n) is 5.68. The molecule has 0 atom stereocenters. The minimum atomic E-state index is -0.938. The minimum Gasteiger partial charge on any atom is -0.465 e. The second kappa shape index (κ2) is 7.98. The lowest BCUT2D eigenvalue weighted by Gasteiger charge is -2.32. The SMILES string of the molecule is O=C(O)NCCC1CCN(CCc2ccc(F)cc2)CC1. The molecule has 0 saturated carbocycles. The quantitative estimate of drug-likeness (QED) is 0.848. The van der Waals surface area contributed by atoms with Crippen molar-refractivity contribution in [1.82, 2.24) is 10.2 Å². The van der Waals surface area contributed by atoms with Gasteiger partial charge in [-0.1, -0.05) is 12.1 Å². The van der Waals surface area contributed by atoms with Gasteiger partial charge in [0, 0.05) is 13.1 Å². The molecule has 1 heterocycles. The zero-order chi connectivity index (χ0) is 15.1. The predicted octanol–water partition coefficient (Wildman–Crippen LogP) is 2.74. The van der Waals surface area contributed by atoms with Gasteiger partial charge < -0.3 is 15.3 Å². The van der Waals surface area contributed by atoms with Crippen molar-refractivity contribution in [3.05, 3.63) is 35.6 Å². The van der Waals surface area contributed by atoms with E-state index in [1.165, 1.54) is 17.7 Å². The van der Waals surface area contributed by atoms with Crippen LogP contribution in [0.15, 0.2) is 24.3 Å². The first-order valence-corrected chi connectivity index (χ1v) is 7.57. The van der Waals surface area contributed by atoms with Crippen LogP contribution in [0.1, 0.15) is 24.8 Å². The third-order valence-electron chi connectivity index (χ3n) is 4.17. The third-order valence-corrected chi connectivity index (χ3v) is 4.17. The van der Waals surface area contributed by atoms with Crippen LogP contribution < -0.4 is 5.32 Å². The molecule has 1 aliphatic rings. The molecule has 1 aromatic rings. The van der Waals surface area contributed by atoms with E-state index in [0.29, 0.717) is 12.5 Å². The summed E-state index contributed by atoms with van der Waals surface area (Å²) in [5.74, 6) is 0.438. The van der Waals surface area contributed by atoms with E-state index < -0.39 is 6.09 Å². The first-order valence-electron chi connectivity index (χ1n) is 7.57. The Morgan fingerprint density at radius 2 is 1.95 bits per heavy atom. The van der Waals surface area contributed by atoms with Gasteiger partial charge in [0.15, 0.2) is 0 Å². The van der Waals surface area contributed by atoms with Gasteiger partial charge in [-0.2, -0.15) is 0 Å². The predicted molar refractivity (Wildman–Crippen MR) is 79.9 cm³/mol. The van der Waals surface area contributed by atoms with Crippen LogP contribution in [0.4, 0.5) is 9.18 Å². The molecule has 1 aliphatic heterocycles. The lowest BCUT2D eigenvalue weighted by molar-refractivity contribution is 0.175. The number of hydrogen-bond donors (Lipinski definition) is 2. The van der Waals surface area contributed by atoms with Crippen molar-refractivity contribution in [3.8, 4) is 0 Å². The van der Waals surface area contributed by atoms with Crippen LogP contribution in [0.25, 0.3) is 0 Å². The van der Waals surface area contributed by atoms with Crippen molar-refractivity contribution in [1.29, 1.82) is 0 Å². The summed E-state index contributed by atoms with van der Waals surface area (Å²) in [5, 5.41) is 11.0. The van der Waals surface area contributed by atoms with Gasteiger partial charge in [-0.3, -0.25) is 0 Å². The molecule has 1 aromatic carbocycles. The Balaban J connectivity index is 1.62. The largest absolute Gasteiger partial charge is 0.465 e. The maximum Gasteiger partial charge on any atom is 0.404 e. The third kappa shape index (κ3) is 5.71. The number of nitrogens with one attached hydrogen (secondary N) is 1. The van der Waals surface area contributed by atoms with Gasteiger partial charge >= 0.3 is 6.09 Å². The van der Waals surface area contributed by atoms with Gasteiger partial charge in [0.25, 0.3) is 0 Å². The van der Waals surface area contributed by atoms with Crippen molar-refractivity contribution in [2.24, 2.45) is 5.92 Å². The Bertz CT molecular complexity index is 442. The Hall–Kier alpha value is -1.62. The number of piperidine rings is 1. The van der Waals surface area contributed by atoms with Crippen LogP contribution in [0, 0.1) is 11.7 Å². The number of likely N-dealkylation sites (tertiary alicyclic amines) is 1. The molecule has 1 saturated heterocycles. The van der Waals surface area contributed by atoms with Crippen LogP contribution in [-0.2, 0) is 6.42 Å². The maximum atomic E-state index is 12.8. The van der Waals surface area contributed by atoms with E-state index >= 15 is 0 Å². The Kier molecular flexibility index (Phi) is 5.99. The average Bonchev–Trinajstić information content (AvgIpc) is 2.48. The monoisotopic (exact) mass is 294 g/mol. The fourth-order valence-corrected chi connectivity index (χ4v) is 2.82. The molecule has 2 rings (SSSR count). The van der Waals surface area contributed by atoms with Gasteiger partial charge in [0.1, 0.15) is 5.82 Å². The minimum absolute atomic E-state index is 0.186. The second-order valence-corrected chi connectivity index (χ2v) is 5.68. The molecule has 21 heavy (non-hydrogen) atoms. The molecular formula is C16H23FN2O2. The zero-order valence-electron chi connectivity index (χ0n) is 12.2. The van der Waals surface area contributed by atoms with Gasteiger partial charge in [0.05, 0.1) is 0 Å². The topological polar surface area (TPSA) is 52.6 Å². The molecule has 4 nitrogen and oxygen atoms in total. The summed E-state index contributed by atoms with van der Waals surface area (Å²) in [5.41, 5.74) is 1.17. The normalized spacial score (nSPS) is 16.8. The van der Waals surface area contributed by atoms with E-state index in [1.807, 2.05) is 12.1 Å². The molecule has 0 aliphatic carbocycles. The molecule has 0 radical (unpaired) electrons. The van der Waals surface area contributed by atoms with E-state index in [1.54, 1.807) is 0 Å². The number of amides is 1. The molecular weight excluding hydrogens is 271 g/mol. The van der Waals surface area contributed by atoms with Gasteiger partial charge in [-0.25, -0.2) is 9.18 Å². The average molecular weight is 294 g/mol. The summed E-state index contributed by atoms with van der Waals surface area (Å²) < 4.78 is 12.8. The van der Waals surface area contributed by atoms with Crippen LogP contribution >= 0.6 is 0 Å². The number of carbonyl (C=O) groups is 1. The van der Waals surface area contributed by atoms with Gasteiger partial charge in [0.2, 0.25) is 0 Å². The fraction of sp³-hybridized carbons (Fsp3) is 0.562. The molecule has 5 heteroatoms. The highest BCUT2D eigenvalue weighted by molar-refractivity contribution is 5.64. The maximum absolute atomic E-state index is 12.8. The van der Waals surface area contributed by atoms with Crippen LogP contribution in [0.5, 0.6) is 0 Å². The first-order chi connectivity index (χ1) is 10.1. The summed E-state index contributed by atoms with van der Waals surface area (Å²) in [7, 11) is 0. The summed E-state index contributed by atoms with van der Waals surface area (Å²) in [4.78, 5) is 12.8. The molecule has 0 bridgehead atoms. The Morgan fingerprint density at radius 3 is 2.57 bits per heavy atom. The van der Waals surface area contributed by atoms with E-state index in [4.69, 9.17) is 5.11 Å². The van der Waals surface area contributed by atoms with Crippen LogP contribution in [0.3, 0.4) is 0 Å². The first kappa shape index (κ1) is 15.8. The number of hydrogen-bond acceptors (Lipinski definition) is 2. The Morgan fingerprint density at radius 1 is 1.29 bits per heavy atom. The van der Waals surface area contributed by atoms with Crippen molar-refractivity contribution in [3.63, 3.8) is 0 Å². The summed E-state index contributed by atoms with van der Waals surface area (Å²) >= 11 is 0. The highest BCUT2D eigenvalue weighted by Crippen LogP contribution is 2.20. The van der Waals surface area contributed by atoms with E-state index in [0.717, 1.165) is 45.3 Å². The van der Waals surface area contributed by atoms with Crippen molar-refractivity contribution < 1.29 is 14.3 Å². The highest BCUT2D eigenvalue weighted by atomic mass is 19.1. The number of nitrogens with zero attached hydrogens (tertiary/aromatic N) is 1. The highest BCUT2D eigenvalue weighted by Gasteiger charge is 2.18. The van der Waals surface area contributed by atoms with E-state index in [9.17, 15) is 9.18 Å². The number of carboxylic acid groups (broad SMARTS) is 1. The molecule has 0 unspecified atom stereocenters. The lowest BCUT2D eigenvalue weighted by Crippen LogP contribution is -2.36. The fourth-order valence-electron chi connectivity index (χ4n) is 2.82. The van der Waals surface area contributed by atoms with E-state index in [2.05, 4.69) is 10.2 Å². The molecule has 0 spiro atoms. The number of halogens is 1. The Labute approximate surface area is 125 Å².